The van der Waals surface area contributed by atoms with Gasteiger partial charge in [0, 0.05) is 52.0 Å². The molecule has 4 aromatic heterocycles. The van der Waals surface area contributed by atoms with E-state index in [1.165, 1.54) is 0 Å². The molecule has 0 spiro atoms. The first-order valence-electron chi connectivity index (χ1n) is 9.68. The molecule has 0 atom stereocenters. The van der Waals surface area contributed by atoms with Gasteiger partial charge < -0.3 is 4.90 Å². The van der Waals surface area contributed by atoms with Gasteiger partial charge in [-0.15, -0.1) is 0 Å². The minimum atomic E-state index is -0.0349. The maximum absolute atomic E-state index is 12.4. The van der Waals surface area contributed by atoms with Gasteiger partial charge in [0.1, 0.15) is 17.8 Å². The number of nitrogens with zero attached hydrogens (tertiary/aromatic N) is 8. The monoisotopic (exact) mass is 390 g/mol. The highest BCUT2D eigenvalue weighted by Crippen LogP contribution is 2.23. The summed E-state index contributed by atoms with van der Waals surface area (Å²) >= 11 is 0. The molecule has 0 aromatic carbocycles. The molecular weight excluding hydrogens is 368 g/mol. The second-order valence-electron chi connectivity index (χ2n) is 7.44. The van der Waals surface area contributed by atoms with Crippen LogP contribution in [0.3, 0.4) is 0 Å². The summed E-state index contributed by atoms with van der Waals surface area (Å²) in [4.78, 5) is 30.6. The Labute approximate surface area is 167 Å². The number of aryl methyl sites for hydroxylation is 2. The summed E-state index contributed by atoms with van der Waals surface area (Å²) in [6.07, 6.45) is 5.19. The van der Waals surface area contributed by atoms with Crippen LogP contribution in [0.15, 0.2) is 41.7 Å². The number of anilines is 1. The molecule has 9 nitrogen and oxygen atoms in total. The molecule has 0 N–H and O–H groups in total. The molecule has 5 rings (SSSR count). The lowest BCUT2D eigenvalue weighted by Gasteiger charge is -2.35. The highest BCUT2D eigenvalue weighted by molar-refractivity contribution is 5.86. The minimum Gasteiger partial charge on any atom is -0.353 e. The lowest BCUT2D eigenvalue weighted by Crippen LogP contribution is -2.46. The van der Waals surface area contributed by atoms with Crippen LogP contribution in [-0.4, -0.2) is 60.2 Å². The summed E-state index contributed by atoms with van der Waals surface area (Å²) in [5.74, 6) is 0.931. The molecule has 0 radical (unpaired) electrons. The smallest absolute Gasteiger partial charge is 0.258 e. The van der Waals surface area contributed by atoms with E-state index in [1.807, 2.05) is 32.3 Å². The van der Waals surface area contributed by atoms with Crippen molar-refractivity contribution in [1.82, 2.24) is 34.0 Å². The summed E-state index contributed by atoms with van der Waals surface area (Å²) in [6.45, 7) is 6.10. The van der Waals surface area contributed by atoms with Crippen molar-refractivity contribution in [3.05, 3.63) is 58.5 Å². The summed E-state index contributed by atoms with van der Waals surface area (Å²) < 4.78 is 3.37. The third kappa shape index (κ3) is 3.13. The van der Waals surface area contributed by atoms with Crippen LogP contribution in [0, 0.1) is 6.92 Å². The van der Waals surface area contributed by atoms with Crippen molar-refractivity contribution in [2.45, 2.75) is 13.5 Å². The molecule has 0 aliphatic carbocycles. The molecule has 9 heteroatoms. The van der Waals surface area contributed by atoms with Crippen molar-refractivity contribution >= 4 is 22.5 Å². The molecular formula is C20H22N8O. The molecule has 148 valence electrons. The molecule has 0 amide bonds. The van der Waals surface area contributed by atoms with Gasteiger partial charge in [0.15, 0.2) is 5.65 Å². The van der Waals surface area contributed by atoms with Crippen LogP contribution in [0.1, 0.15) is 11.3 Å². The Balaban J connectivity index is 1.33. The first-order valence-corrected chi connectivity index (χ1v) is 9.68. The van der Waals surface area contributed by atoms with Gasteiger partial charge in [0.25, 0.3) is 5.56 Å². The van der Waals surface area contributed by atoms with E-state index in [0.29, 0.717) is 6.54 Å². The molecule has 0 saturated carbocycles. The van der Waals surface area contributed by atoms with Crippen molar-refractivity contribution in [3.63, 3.8) is 0 Å². The van der Waals surface area contributed by atoms with Crippen LogP contribution < -0.4 is 10.5 Å². The van der Waals surface area contributed by atoms with Crippen LogP contribution in [0.4, 0.5) is 5.82 Å². The predicted octanol–water partition coefficient (Wildman–Crippen LogP) is 1.00. The van der Waals surface area contributed by atoms with E-state index in [9.17, 15) is 4.79 Å². The van der Waals surface area contributed by atoms with Crippen molar-refractivity contribution in [1.29, 1.82) is 0 Å². The first-order chi connectivity index (χ1) is 14.1. The van der Waals surface area contributed by atoms with Gasteiger partial charge in [0.2, 0.25) is 0 Å². The lowest BCUT2D eigenvalue weighted by molar-refractivity contribution is 0.246. The quantitative estimate of drug-likeness (QED) is 0.516. The molecule has 1 saturated heterocycles. The van der Waals surface area contributed by atoms with Gasteiger partial charge in [0.05, 0.1) is 17.3 Å². The summed E-state index contributed by atoms with van der Waals surface area (Å²) in [5, 5.41) is 5.27. The van der Waals surface area contributed by atoms with Crippen LogP contribution in [0.25, 0.3) is 16.7 Å². The average molecular weight is 390 g/mol. The molecule has 0 unspecified atom stereocenters. The standard InChI is InChI=1S/C20H22N8O/c1-14-4-3-5-28-17(29)10-15(24-18(14)28)12-26-6-8-27(9-7-26)20-16-11-23-25(2)19(16)21-13-22-20/h3-5,10-11,13H,6-9,12H2,1-2H3. The second kappa shape index (κ2) is 6.93. The van der Waals surface area contributed by atoms with E-state index in [1.54, 1.807) is 27.7 Å². The first kappa shape index (κ1) is 17.7. The molecule has 1 aliphatic heterocycles. The molecule has 29 heavy (non-hydrogen) atoms. The van der Waals surface area contributed by atoms with Gasteiger partial charge >= 0.3 is 0 Å². The van der Waals surface area contributed by atoms with Gasteiger partial charge in [-0.05, 0) is 18.6 Å². The summed E-state index contributed by atoms with van der Waals surface area (Å²) in [6, 6.07) is 5.49. The van der Waals surface area contributed by atoms with E-state index in [0.717, 1.165) is 59.9 Å². The van der Waals surface area contributed by atoms with Crippen LogP contribution >= 0.6 is 0 Å². The predicted molar refractivity (Wildman–Crippen MR) is 110 cm³/mol. The maximum Gasteiger partial charge on any atom is 0.258 e. The highest BCUT2D eigenvalue weighted by atomic mass is 16.1. The Kier molecular flexibility index (Phi) is 4.24. The van der Waals surface area contributed by atoms with E-state index in [2.05, 4.69) is 24.9 Å². The molecule has 1 aliphatic rings. The topological polar surface area (TPSA) is 84.5 Å². The van der Waals surface area contributed by atoms with Gasteiger partial charge in [-0.1, -0.05) is 6.07 Å². The fourth-order valence-corrected chi connectivity index (χ4v) is 3.94. The molecule has 4 aromatic rings. The second-order valence-corrected chi connectivity index (χ2v) is 7.44. The van der Waals surface area contributed by atoms with Gasteiger partial charge in [-0.2, -0.15) is 5.10 Å². The third-order valence-corrected chi connectivity index (χ3v) is 5.51. The number of hydrogen-bond donors (Lipinski definition) is 0. The number of hydrogen-bond acceptors (Lipinski definition) is 7. The molecule has 1 fully saturated rings. The van der Waals surface area contributed by atoms with E-state index in [4.69, 9.17) is 4.98 Å². The number of pyridine rings is 1. The zero-order valence-electron chi connectivity index (χ0n) is 16.5. The van der Waals surface area contributed by atoms with Crippen molar-refractivity contribution in [2.24, 2.45) is 7.05 Å². The van der Waals surface area contributed by atoms with Crippen LogP contribution in [0.5, 0.6) is 0 Å². The Hall–Kier alpha value is -3.33. The Bertz CT molecular complexity index is 1250. The zero-order chi connectivity index (χ0) is 20.0. The maximum atomic E-state index is 12.4. The number of aromatic nitrogens is 6. The fourth-order valence-electron chi connectivity index (χ4n) is 3.94. The highest BCUT2D eigenvalue weighted by Gasteiger charge is 2.21. The van der Waals surface area contributed by atoms with Crippen molar-refractivity contribution < 1.29 is 0 Å². The van der Waals surface area contributed by atoms with E-state index in [-0.39, 0.29) is 5.56 Å². The van der Waals surface area contributed by atoms with Gasteiger partial charge in [-0.25, -0.2) is 15.0 Å². The normalized spacial score (nSPS) is 15.4. The van der Waals surface area contributed by atoms with Crippen molar-refractivity contribution in [2.75, 3.05) is 31.1 Å². The van der Waals surface area contributed by atoms with Crippen LogP contribution in [0.2, 0.25) is 0 Å². The molecule has 0 bridgehead atoms. The fraction of sp³-hybridized carbons (Fsp3) is 0.350. The number of rotatable bonds is 3. The van der Waals surface area contributed by atoms with E-state index >= 15 is 0 Å². The lowest BCUT2D eigenvalue weighted by atomic mass is 10.2. The summed E-state index contributed by atoms with van der Waals surface area (Å²) in [7, 11) is 1.89. The zero-order valence-corrected chi connectivity index (χ0v) is 16.5. The van der Waals surface area contributed by atoms with E-state index < -0.39 is 0 Å². The Morgan fingerprint density at radius 1 is 1.10 bits per heavy atom. The Morgan fingerprint density at radius 2 is 1.93 bits per heavy atom. The largest absolute Gasteiger partial charge is 0.353 e. The number of piperazine rings is 1. The Morgan fingerprint density at radius 3 is 2.76 bits per heavy atom. The van der Waals surface area contributed by atoms with Crippen LogP contribution in [-0.2, 0) is 13.6 Å². The number of fused-ring (bicyclic) bond motifs is 2. The van der Waals surface area contributed by atoms with Gasteiger partial charge in [-0.3, -0.25) is 18.8 Å². The summed E-state index contributed by atoms with van der Waals surface area (Å²) in [5.41, 5.74) is 3.35. The average Bonchev–Trinajstić information content (AvgIpc) is 3.11. The SMILES string of the molecule is Cc1cccn2c(=O)cc(CN3CCN(c4ncnc5c4cnn5C)CC3)nc12. The molecule has 5 heterocycles. The minimum absolute atomic E-state index is 0.0349. The van der Waals surface area contributed by atoms with Crippen molar-refractivity contribution in [3.8, 4) is 0 Å². The third-order valence-electron chi connectivity index (χ3n) is 5.51.